The van der Waals surface area contributed by atoms with Gasteiger partial charge in [0.1, 0.15) is 11.4 Å². The highest BCUT2D eigenvalue weighted by Gasteiger charge is 2.30. The van der Waals surface area contributed by atoms with E-state index >= 15 is 0 Å². The molecule has 0 fully saturated rings. The number of hydrogen-bond donors (Lipinski definition) is 1. The average molecular weight is 478 g/mol. The van der Waals surface area contributed by atoms with Crippen LogP contribution in [0.5, 0.6) is 0 Å². The van der Waals surface area contributed by atoms with E-state index in [9.17, 15) is 14.0 Å². The van der Waals surface area contributed by atoms with E-state index in [1.807, 2.05) is 30.3 Å². The number of urea groups is 1. The highest BCUT2D eigenvalue weighted by atomic mass is 35.5. The Morgan fingerprint density at radius 3 is 2.82 bits per heavy atom. The second kappa shape index (κ2) is 8.83. The summed E-state index contributed by atoms with van der Waals surface area (Å²) >= 11 is 6.21. The highest BCUT2D eigenvalue weighted by molar-refractivity contribution is 6.31. The van der Waals surface area contributed by atoms with E-state index in [0.717, 1.165) is 22.1 Å². The van der Waals surface area contributed by atoms with E-state index in [1.165, 1.54) is 17.0 Å². The second-order valence-corrected chi connectivity index (χ2v) is 8.65. The minimum atomic E-state index is -0.487. The number of nitrogens with zero attached hydrogens (tertiary/aromatic N) is 2. The number of carbonyl (C=O) groups excluding carboxylic acids is 2. The molecule has 3 aromatic carbocycles. The van der Waals surface area contributed by atoms with Crippen molar-refractivity contribution in [3.8, 4) is 0 Å². The molecule has 0 saturated carbocycles. The van der Waals surface area contributed by atoms with E-state index in [-0.39, 0.29) is 29.1 Å². The monoisotopic (exact) mass is 477 g/mol. The summed E-state index contributed by atoms with van der Waals surface area (Å²) < 4.78 is 19.8. The lowest BCUT2D eigenvalue weighted by molar-refractivity contribution is 0.0950. The first-order valence-electron chi connectivity index (χ1n) is 10.7. The normalized spacial score (nSPS) is 13.3. The van der Waals surface area contributed by atoms with Crippen molar-refractivity contribution in [1.82, 2.24) is 10.2 Å². The Morgan fingerprint density at radius 1 is 1.15 bits per heavy atom. The Labute approximate surface area is 200 Å². The Bertz CT molecular complexity index is 1400. The molecule has 0 radical (unpaired) electrons. The van der Waals surface area contributed by atoms with Crippen LogP contribution in [0.3, 0.4) is 0 Å². The van der Waals surface area contributed by atoms with Crippen LogP contribution < -0.4 is 10.2 Å². The van der Waals surface area contributed by atoms with Gasteiger partial charge in [0, 0.05) is 41.7 Å². The molecule has 4 aromatic rings. The first kappa shape index (κ1) is 22.0. The summed E-state index contributed by atoms with van der Waals surface area (Å²) in [7, 11) is 1.68. The summed E-state index contributed by atoms with van der Waals surface area (Å²) in [6.45, 7) is 0.688. The molecule has 5 rings (SSSR count). The molecule has 0 bridgehead atoms. The van der Waals surface area contributed by atoms with E-state index in [1.54, 1.807) is 36.4 Å². The number of nitrogens with one attached hydrogen (secondary N) is 1. The molecule has 0 atom stereocenters. The zero-order chi connectivity index (χ0) is 23.8. The Kier molecular flexibility index (Phi) is 5.71. The van der Waals surface area contributed by atoms with Crippen molar-refractivity contribution in [3.05, 3.63) is 100 Å². The van der Waals surface area contributed by atoms with E-state index < -0.39 is 5.82 Å². The quantitative estimate of drug-likeness (QED) is 0.399. The summed E-state index contributed by atoms with van der Waals surface area (Å²) in [4.78, 5) is 28.9. The number of hydrogen-bond acceptors (Lipinski definition) is 3. The maximum absolute atomic E-state index is 14.4. The van der Waals surface area contributed by atoms with Gasteiger partial charge in [-0.1, -0.05) is 29.8 Å². The zero-order valence-electron chi connectivity index (χ0n) is 18.3. The summed E-state index contributed by atoms with van der Waals surface area (Å²) in [6.07, 6.45) is 1.62. The molecular weight excluding hydrogens is 457 g/mol. The number of fused-ring (bicyclic) bond motifs is 2. The molecular formula is C26H21ClFN3O3. The van der Waals surface area contributed by atoms with Gasteiger partial charge < -0.3 is 14.6 Å². The predicted octanol–water partition coefficient (Wildman–Crippen LogP) is 5.73. The third kappa shape index (κ3) is 4.10. The highest BCUT2D eigenvalue weighted by Crippen LogP contribution is 2.32. The molecule has 1 aliphatic heterocycles. The van der Waals surface area contributed by atoms with Crippen molar-refractivity contribution in [2.45, 2.75) is 19.6 Å². The number of amides is 3. The van der Waals surface area contributed by atoms with Gasteiger partial charge in [-0.25, -0.2) is 9.18 Å². The van der Waals surface area contributed by atoms with Crippen LogP contribution in [-0.2, 0) is 19.6 Å². The van der Waals surface area contributed by atoms with Crippen molar-refractivity contribution in [2.75, 3.05) is 11.9 Å². The summed E-state index contributed by atoms with van der Waals surface area (Å²) in [5.41, 5.74) is 3.78. The number of halogens is 2. The van der Waals surface area contributed by atoms with E-state index in [2.05, 4.69) is 5.32 Å². The first-order chi connectivity index (χ1) is 16.4. The van der Waals surface area contributed by atoms with Crippen LogP contribution in [0.25, 0.3) is 11.0 Å². The van der Waals surface area contributed by atoms with E-state index in [4.69, 9.17) is 16.0 Å². The molecule has 3 amide bonds. The Balaban J connectivity index is 1.40. The molecule has 8 heteroatoms. The molecule has 0 spiro atoms. The molecule has 1 N–H and O–H groups in total. The number of carbonyl (C=O) groups is 2. The molecule has 1 aliphatic rings. The van der Waals surface area contributed by atoms with Gasteiger partial charge in [0.25, 0.3) is 5.91 Å². The molecule has 6 nitrogen and oxygen atoms in total. The molecule has 172 valence electrons. The maximum atomic E-state index is 14.4. The van der Waals surface area contributed by atoms with E-state index in [0.29, 0.717) is 24.3 Å². The minimum absolute atomic E-state index is 0.0442. The third-order valence-corrected chi connectivity index (χ3v) is 6.31. The molecule has 2 heterocycles. The lowest BCUT2D eigenvalue weighted by atomic mass is 10.0. The van der Waals surface area contributed by atoms with Crippen LogP contribution in [-0.4, -0.2) is 23.9 Å². The topological polar surface area (TPSA) is 65.8 Å². The molecule has 0 saturated heterocycles. The van der Waals surface area contributed by atoms with Crippen molar-refractivity contribution in [2.24, 2.45) is 0 Å². The van der Waals surface area contributed by atoms with Crippen LogP contribution in [0, 0.1) is 5.82 Å². The SMILES string of the molecule is CN1Cc2ccc(C(=O)NCc3ccc4occc4c3)cc2N(Cc2c(F)cccc2Cl)C1=O. The van der Waals surface area contributed by atoms with Gasteiger partial charge in [0.05, 0.1) is 18.5 Å². The largest absolute Gasteiger partial charge is 0.464 e. The van der Waals surface area contributed by atoms with Crippen LogP contribution in [0.4, 0.5) is 14.9 Å². The average Bonchev–Trinajstić information content (AvgIpc) is 3.30. The second-order valence-electron chi connectivity index (χ2n) is 8.24. The molecule has 34 heavy (non-hydrogen) atoms. The van der Waals surface area contributed by atoms with Gasteiger partial charge in [-0.15, -0.1) is 0 Å². The van der Waals surface area contributed by atoms with Crippen LogP contribution in [0.15, 0.2) is 71.3 Å². The maximum Gasteiger partial charge on any atom is 0.324 e. The van der Waals surface area contributed by atoms with Gasteiger partial charge >= 0.3 is 6.03 Å². The van der Waals surface area contributed by atoms with Crippen molar-refractivity contribution in [1.29, 1.82) is 0 Å². The predicted molar refractivity (Wildman–Crippen MR) is 128 cm³/mol. The first-order valence-corrected chi connectivity index (χ1v) is 11.1. The Morgan fingerprint density at radius 2 is 2.00 bits per heavy atom. The fourth-order valence-electron chi connectivity index (χ4n) is 4.13. The minimum Gasteiger partial charge on any atom is -0.464 e. The third-order valence-electron chi connectivity index (χ3n) is 5.95. The van der Waals surface area contributed by atoms with Crippen molar-refractivity contribution >= 4 is 40.2 Å². The van der Waals surface area contributed by atoms with Gasteiger partial charge in [-0.2, -0.15) is 0 Å². The zero-order valence-corrected chi connectivity index (χ0v) is 19.1. The van der Waals surface area contributed by atoms with Crippen LogP contribution in [0.2, 0.25) is 5.02 Å². The molecule has 0 aliphatic carbocycles. The van der Waals surface area contributed by atoms with Gasteiger partial charge in [0.15, 0.2) is 0 Å². The van der Waals surface area contributed by atoms with Crippen molar-refractivity contribution in [3.63, 3.8) is 0 Å². The fraction of sp³-hybridized carbons (Fsp3) is 0.154. The number of benzene rings is 3. The summed E-state index contributed by atoms with van der Waals surface area (Å²) in [6, 6.07) is 16.9. The van der Waals surface area contributed by atoms with Gasteiger partial charge in [0.2, 0.25) is 0 Å². The standard InChI is InChI=1S/C26H21ClFN3O3/c1-30-14-19-7-6-18(25(32)29-13-16-5-8-24-17(11-16)9-10-34-24)12-23(19)31(26(30)33)15-20-21(27)3-2-4-22(20)28/h2-12H,13-15H2,1H3,(H,29,32). The number of furan rings is 1. The van der Waals surface area contributed by atoms with Crippen LogP contribution in [0.1, 0.15) is 27.0 Å². The fourth-order valence-corrected chi connectivity index (χ4v) is 4.35. The van der Waals surface area contributed by atoms with Crippen molar-refractivity contribution < 1.29 is 18.4 Å². The van der Waals surface area contributed by atoms with Gasteiger partial charge in [-0.3, -0.25) is 9.69 Å². The lowest BCUT2D eigenvalue weighted by Gasteiger charge is -2.35. The molecule has 0 unspecified atom stereocenters. The Hall–Kier alpha value is -3.84. The van der Waals surface area contributed by atoms with Crippen LogP contribution >= 0.6 is 11.6 Å². The summed E-state index contributed by atoms with van der Waals surface area (Å²) in [5.74, 6) is -0.760. The lowest BCUT2D eigenvalue weighted by Crippen LogP contribution is -2.45. The molecule has 1 aromatic heterocycles. The smallest absolute Gasteiger partial charge is 0.324 e. The number of anilines is 1. The van der Waals surface area contributed by atoms with Gasteiger partial charge in [-0.05, 0) is 53.6 Å². The summed E-state index contributed by atoms with van der Waals surface area (Å²) in [5, 5.41) is 4.12. The number of rotatable bonds is 5.